The van der Waals surface area contributed by atoms with Crippen molar-refractivity contribution in [3.05, 3.63) is 18.3 Å². The van der Waals surface area contributed by atoms with E-state index >= 15 is 0 Å². The summed E-state index contributed by atoms with van der Waals surface area (Å²) in [4.78, 5) is 13.3. The Hall–Kier alpha value is -0.959. The minimum atomic E-state index is -1.90. The maximum Gasteiger partial charge on any atom is 0.184 e. The van der Waals surface area contributed by atoms with Crippen molar-refractivity contribution in [1.29, 1.82) is 0 Å². The molecule has 1 aliphatic rings. The second-order valence-corrected chi connectivity index (χ2v) is 24.6. The monoisotopic (exact) mass is 482 g/mol. The van der Waals surface area contributed by atoms with E-state index in [2.05, 4.69) is 73.9 Å². The van der Waals surface area contributed by atoms with E-state index in [1.54, 1.807) is 12.7 Å². The van der Waals surface area contributed by atoms with Crippen LogP contribution in [-0.2, 0) is 18.0 Å². The lowest BCUT2D eigenvalue weighted by Gasteiger charge is -2.34. The highest BCUT2D eigenvalue weighted by Gasteiger charge is 2.50. The maximum absolute atomic E-state index is 6.71. The zero-order valence-corrected chi connectivity index (χ0v) is 23.6. The van der Waals surface area contributed by atoms with Gasteiger partial charge in [-0.05, 0) is 65.8 Å². The minimum absolute atomic E-state index is 0.208. The molecule has 174 valence electrons. The van der Waals surface area contributed by atoms with E-state index in [0.717, 1.165) is 16.9 Å². The molecule has 4 atom stereocenters. The third-order valence-electron chi connectivity index (χ3n) is 4.76. The normalized spacial score (nSPS) is 25.5. The van der Waals surface area contributed by atoms with Crippen LogP contribution in [0.4, 0.5) is 0 Å². The van der Waals surface area contributed by atoms with Gasteiger partial charge < -0.3 is 18.0 Å². The van der Waals surface area contributed by atoms with E-state index in [9.17, 15) is 0 Å². The van der Waals surface area contributed by atoms with Gasteiger partial charge in [0.1, 0.15) is 30.2 Å². The summed E-state index contributed by atoms with van der Waals surface area (Å²) in [7, 11) is -5.49. The number of nitrogens with zero attached hydrogens (tertiary/aromatic N) is 4. The molecule has 0 amide bonds. The van der Waals surface area contributed by atoms with Gasteiger partial charge >= 0.3 is 0 Å². The zero-order valence-electron chi connectivity index (χ0n) is 20.6. The molecule has 0 bridgehead atoms. The Kier molecular flexibility index (Phi) is 6.98. The Morgan fingerprint density at radius 1 is 0.871 bits per heavy atom. The smallest absolute Gasteiger partial charge is 0.184 e. The van der Waals surface area contributed by atoms with Crippen LogP contribution in [0.1, 0.15) is 11.9 Å². The van der Waals surface area contributed by atoms with Gasteiger partial charge in [-0.3, -0.25) is 4.57 Å². The largest absolute Gasteiger partial charge is 0.415 e. The molecule has 3 heterocycles. The van der Waals surface area contributed by atoms with Crippen LogP contribution in [0, 0.1) is 6.92 Å². The van der Waals surface area contributed by atoms with Crippen LogP contribution in [-0.4, -0.2) is 69.4 Å². The fraction of sp³-hybridized carbons (Fsp3) is 0.750. The highest BCUT2D eigenvalue weighted by Crippen LogP contribution is 2.38. The van der Waals surface area contributed by atoms with Crippen LogP contribution >= 0.6 is 0 Å². The number of hydrogen-bond donors (Lipinski definition) is 0. The van der Waals surface area contributed by atoms with Crippen LogP contribution in [0.2, 0.25) is 58.9 Å². The number of imidazole rings is 1. The summed E-state index contributed by atoms with van der Waals surface area (Å²) < 4.78 is 28.2. The van der Waals surface area contributed by atoms with E-state index in [1.165, 1.54) is 0 Å². The Labute approximate surface area is 189 Å². The quantitative estimate of drug-likeness (QED) is 0.518. The number of aromatic nitrogens is 4. The second-order valence-electron chi connectivity index (χ2n) is 11.2. The summed E-state index contributed by atoms with van der Waals surface area (Å²) in [6, 6.07) is 0. The van der Waals surface area contributed by atoms with Gasteiger partial charge in [-0.2, -0.15) is 0 Å². The molecule has 0 aromatic carbocycles. The third-order valence-corrected chi connectivity index (χ3v) is 7.75. The minimum Gasteiger partial charge on any atom is -0.415 e. The summed E-state index contributed by atoms with van der Waals surface area (Å²) in [5.41, 5.74) is 2.38. The van der Waals surface area contributed by atoms with Gasteiger partial charge in [0.05, 0.1) is 18.6 Å². The summed E-state index contributed by atoms with van der Waals surface area (Å²) >= 11 is 0. The first kappa shape index (κ1) is 24.7. The molecule has 1 fully saturated rings. The van der Waals surface area contributed by atoms with Crippen molar-refractivity contribution in [2.75, 3.05) is 6.61 Å². The second kappa shape index (κ2) is 8.76. The predicted octanol–water partition coefficient (Wildman–Crippen LogP) is 4.32. The Morgan fingerprint density at radius 3 is 2.06 bits per heavy atom. The van der Waals surface area contributed by atoms with E-state index in [0.29, 0.717) is 6.61 Å². The number of ether oxygens (including phenoxy) is 1. The molecule has 1 saturated heterocycles. The lowest BCUT2D eigenvalue weighted by molar-refractivity contribution is -0.0457. The Balaban J connectivity index is 2.03. The van der Waals surface area contributed by atoms with Gasteiger partial charge in [-0.15, -0.1) is 0 Å². The first-order valence-corrected chi connectivity index (χ1v) is 21.2. The molecule has 1 aliphatic heterocycles. The van der Waals surface area contributed by atoms with Crippen LogP contribution in [0.25, 0.3) is 11.2 Å². The molecule has 8 nitrogen and oxygen atoms in total. The average Bonchev–Trinajstić information content (AvgIpc) is 3.13. The van der Waals surface area contributed by atoms with Crippen molar-refractivity contribution in [2.45, 2.75) is 90.4 Å². The fourth-order valence-electron chi connectivity index (χ4n) is 3.64. The standard InChI is InChI=1S/C20H38N4O4Si3/c1-14-16-19(22-12-21-14)24(13-23-16)20-18(28-31(8,9)10)17(27-30(5,6)7)15(26-20)11-25-29(2,3)4/h12-13,15,17-18,20H,11H2,1-10H3/t15-,17-,18-,20-/m1/s1. The van der Waals surface area contributed by atoms with E-state index in [4.69, 9.17) is 18.0 Å². The zero-order chi connectivity index (χ0) is 23.2. The van der Waals surface area contributed by atoms with Gasteiger partial charge in [-0.25, -0.2) is 15.0 Å². The van der Waals surface area contributed by atoms with Crippen molar-refractivity contribution in [3.63, 3.8) is 0 Å². The van der Waals surface area contributed by atoms with Gasteiger partial charge in [0.25, 0.3) is 0 Å². The lowest BCUT2D eigenvalue weighted by Crippen LogP contribution is -2.48. The maximum atomic E-state index is 6.71. The van der Waals surface area contributed by atoms with Crippen LogP contribution in [0.5, 0.6) is 0 Å². The summed E-state index contributed by atoms with van der Waals surface area (Å²) in [5.74, 6) is 0. The van der Waals surface area contributed by atoms with E-state index in [-0.39, 0.29) is 24.5 Å². The molecule has 0 spiro atoms. The van der Waals surface area contributed by atoms with Crippen molar-refractivity contribution in [1.82, 2.24) is 19.5 Å². The molecule has 0 N–H and O–H groups in total. The highest BCUT2D eigenvalue weighted by molar-refractivity contribution is 6.70. The lowest BCUT2D eigenvalue weighted by atomic mass is 10.1. The molecule has 2 aromatic rings. The van der Waals surface area contributed by atoms with Gasteiger partial charge in [0.15, 0.2) is 36.8 Å². The molecule has 31 heavy (non-hydrogen) atoms. The molecule has 0 aliphatic carbocycles. The predicted molar refractivity (Wildman–Crippen MR) is 130 cm³/mol. The van der Waals surface area contributed by atoms with Crippen LogP contribution in [0.15, 0.2) is 12.7 Å². The van der Waals surface area contributed by atoms with E-state index in [1.807, 2.05) is 11.5 Å². The number of hydrogen-bond acceptors (Lipinski definition) is 7. The molecule has 3 rings (SSSR count). The molecule has 0 radical (unpaired) electrons. The number of aryl methyl sites for hydroxylation is 1. The molecule has 0 unspecified atom stereocenters. The first-order valence-electron chi connectivity index (χ1n) is 10.9. The Bertz CT molecular complexity index is 904. The SMILES string of the molecule is Cc1ncnc2c1ncn2[C@@H]1O[C@H](CO[Si](C)(C)C)[C@@H](O[Si](C)(C)C)[C@H]1O[Si](C)(C)C. The van der Waals surface area contributed by atoms with Crippen molar-refractivity contribution in [3.8, 4) is 0 Å². The van der Waals surface area contributed by atoms with Crippen LogP contribution in [0.3, 0.4) is 0 Å². The van der Waals surface area contributed by atoms with Gasteiger partial charge in [0.2, 0.25) is 0 Å². The number of fused-ring (bicyclic) bond motifs is 1. The topological polar surface area (TPSA) is 80.5 Å². The summed E-state index contributed by atoms with van der Waals surface area (Å²) in [6.45, 7) is 22.2. The molecular formula is C20H38N4O4Si3. The van der Waals surface area contributed by atoms with Crippen molar-refractivity contribution in [2.24, 2.45) is 0 Å². The first-order chi connectivity index (χ1) is 14.1. The molecule has 2 aromatic heterocycles. The fourth-order valence-corrected chi connectivity index (χ4v) is 6.47. The average molecular weight is 483 g/mol. The molecular weight excluding hydrogens is 445 g/mol. The van der Waals surface area contributed by atoms with Crippen LogP contribution < -0.4 is 0 Å². The highest BCUT2D eigenvalue weighted by atomic mass is 28.4. The van der Waals surface area contributed by atoms with Gasteiger partial charge in [0, 0.05) is 0 Å². The van der Waals surface area contributed by atoms with Crippen molar-refractivity contribution < 1.29 is 18.0 Å². The summed E-state index contributed by atoms with van der Waals surface area (Å²) in [5, 5.41) is 0. The number of rotatable bonds is 8. The molecule has 11 heteroatoms. The van der Waals surface area contributed by atoms with Crippen molar-refractivity contribution >= 4 is 36.1 Å². The Morgan fingerprint density at radius 2 is 1.48 bits per heavy atom. The molecule has 0 saturated carbocycles. The van der Waals surface area contributed by atoms with Gasteiger partial charge in [-0.1, -0.05) is 0 Å². The van der Waals surface area contributed by atoms with E-state index < -0.39 is 25.0 Å². The summed E-state index contributed by atoms with van der Waals surface area (Å²) in [6.07, 6.45) is 2.28. The third kappa shape index (κ3) is 6.30.